The van der Waals surface area contributed by atoms with Gasteiger partial charge in [-0.05, 0) is 6.42 Å². The fourth-order valence-corrected chi connectivity index (χ4v) is 0.214. The normalized spacial score (nSPS) is 6.12. The Morgan fingerprint density at radius 3 is 2.00 bits per heavy atom. The minimum atomic E-state index is -0.711. The molecule has 0 amide bonds. The van der Waals surface area contributed by atoms with Gasteiger partial charge in [0.25, 0.3) is 0 Å². The SMILES string of the molecule is CCCC(=O)O.F.[Ag]. The van der Waals surface area contributed by atoms with Crippen LogP contribution in [-0.2, 0) is 27.2 Å². The molecule has 0 rings (SSSR count). The van der Waals surface area contributed by atoms with Gasteiger partial charge in [0, 0.05) is 28.8 Å². The van der Waals surface area contributed by atoms with Gasteiger partial charge in [0.05, 0.1) is 0 Å². The van der Waals surface area contributed by atoms with Crippen molar-refractivity contribution < 1.29 is 37.0 Å². The average Bonchev–Trinajstić information content (AvgIpc) is 1.35. The largest absolute Gasteiger partial charge is 0.481 e. The fourth-order valence-electron chi connectivity index (χ4n) is 0.214. The first-order valence-corrected chi connectivity index (χ1v) is 1.99. The molecule has 0 saturated carbocycles. The summed E-state index contributed by atoms with van der Waals surface area (Å²) in [5.41, 5.74) is 0. The maximum Gasteiger partial charge on any atom is 0.303 e. The minimum Gasteiger partial charge on any atom is -0.481 e. The number of hydrogen-bond acceptors (Lipinski definition) is 1. The van der Waals surface area contributed by atoms with E-state index in [1.165, 1.54) is 0 Å². The summed E-state index contributed by atoms with van der Waals surface area (Å²) in [5.74, 6) is -0.711. The standard InChI is InChI=1S/C4H8O2.Ag.FH/c1-2-3-4(5)6;;/h2-3H2,1H3,(H,5,6);;1H. The first kappa shape index (κ1) is 15.7. The van der Waals surface area contributed by atoms with Gasteiger partial charge in [-0.3, -0.25) is 9.50 Å². The summed E-state index contributed by atoms with van der Waals surface area (Å²) in [7, 11) is 0. The number of hydrogen-bond donors (Lipinski definition) is 1. The Kier molecular flexibility index (Phi) is 20.0. The Balaban J connectivity index is -0.000000125. The summed E-state index contributed by atoms with van der Waals surface area (Å²) in [6.45, 7) is 1.84. The van der Waals surface area contributed by atoms with Crippen molar-refractivity contribution in [1.82, 2.24) is 0 Å². The summed E-state index contributed by atoms with van der Waals surface area (Å²) in [6, 6.07) is 0. The van der Waals surface area contributed by atoms with Crippen molar-refractivity contribution in [3.05, 3.63) is 0 Å². The van der Waals surface area contributed by atoms with Gasteiger partial charge in [0.2, 0.25) is 0 Å². The molecular weight excluding hydrogens is 207 g/mol. The zero-order valence-electron chi connectivity index (χ0n) is 4.48. The van der Waals surface area contributed by atoms with E-state index in [2.05, 4.69) is 0 Å². The van der Waals surface area contributed by atoms with Crippen LogP contribution in [0.3, 0.4) is 0 Å². The Morgan fingerprint density at radius 1 is 1.62 bits per heavy atom. The quantitative estimate of drug-likeness (QED) is 0.699. The molecule has 0 aromatic heterocycles. The Labute approximate surface area is 63.2 Å². The van der Waals surface area contributed by atoms with Crippen LogP contribution >= 0.6 is 0 Å². The molecule has 1 N–H and O–H groups in total. The van der Waals surface area contributed by atoms with Crippen molar-refractivity contribution in [3.8, 4) is 0 Å². The molecule has 0 unspecified atom stereocenters. The molecule has 0 spiro atoms. The Morgan fingerprint density at radius 2 is 2.00 bits per heavy atom. The Hall–Kier alpha value is 0.140. The average molecular weight is 216 g/mol. The van der Waals surface area contributed by atoms with Gasteiger partial charge in [-0.2, -0.15) is 0 Å². The van der Waals surface area contributed by atoms with Crippen molar-refractivity contribution in [2.45, 2.75) is 19.8 Å². The third-order valence-corrected chi connectivity index (χ3v) is 0.464. The molecule has 0 aliphatic rings. The second kappa shape index (κ2) is 10.2. The van der Waals surface area contributed by atoms with Crippen LogP contribution in [0.5, 0.6) is 0 Å². The predicted octanol–water partition coefficient (Wildman–Crippen LogP) is 1.02. The number of halogens is 1. The second-order valence-corrected chi connectivity index (χ2v) is 1.14. The first-order chi connectivity index (χ1) is 2.77. The summed E-state index contributed by atoms with van der Waals surface area (Å²) in [5, 5.41) is 7.91. The van der Waals surface area contributed by atoms with Crippen molar-refractivity contribution in [1.29, 1.82) is 0 Å². The van der Waals surface area contributed by atoms with Crippen LogP contribution in [0.15, 0.2) is 0 Å². The van der Waals surface area contributed by atoms with Gasteiger partial charge in [-0.15, -0.1) is 0 Å². The van der Waals surface area contributed by atoms with Crippen LogP contribution in [-0.4, -0.2) is 11.1 Å². The number of carboxylic acid groups (broad SMARTS) is 1. The van der Waals surface area contributed by atoms with E-state index >= 15 is 0 Å². The molecule has 0 aromatic rings. The van der Waals surface area contributed by atoms with E-state index in [1.54, 1.807) is 0 Å². The molecule has 1 radical (unpaired) electrons. The summed E-state index contributed by atoms with van der Waals surface area (Å²) in [4.78, 5) is 9.60. The van der Waals surface area contributed by atoms with Crippen LogP contribution in [0.25, 0.3) is 0 Å². The van der Waals surface area contributed by atoms with Crippen LogP contribution < -0.4 is 0 Å². The molecule has 2 nitrogen and oxygen atoms in total. The maximum absolute atomic E-state index is 9.60. The van der Waals surface area contributed by atoms with Gasteiger partial charge in [0.1, 0.15) is 0 Å². The predicted molar refractivity (Wildman–Crippen MR) is 25.0 cm³/mol. The molecule has 0 saturated heterocycles. The van der Waals surface area contributed by atoms with Gasteiger partial charge in [-0.25, -0.2) is 0 Å². The molecule has 0 atom stereocenters. The van der Waals surface area contributed by atoms with E-state index in [-0.39, 0.29) is 27.1 Å². The smallest absolute Gasteiger partial charge is 0.303 e. The minimum absolute atomic E-state index is 0. The topological polar surface area (TPSA) is 37.3 Å². The van der Waals surface area contributed by atoms with E-state index in [0.717, 1.165) is 6.42 Å². The number of carbonyl (C=O) groups is 1. The van der Waals surface area contributed by atoms with Crippen LogP contribution in [0.1, 0.15) is 19.8 Å². The molecule has 8 heavy (non-hydrogen) atoms. The first-order valence-electron chi connectivity index (χ1n) is 1.99. The van der Waals surface area contributed by atoms with E-state index in [1.807, 2.05) is 6.92 Å². The molecule has 0 aliphatic heterocycles. The summed E-state index contributed by atoms with van der Waals surface area (Å²) >= 11 is 0. The van der Waals surface area contributed by atoms with Crippen molar-refractivity contribution in [2.24, 2.45) is 0 Å². The number of carboxylic acids is 1. The van der Waals surface area contributed by atoms with Crippen molar-refractivity contribution in [2.75, 3.05) is 0 Å². The summed E-state index contributed by atoms with van der Waals surface area (Å²) in [6.07, 6.45) is 1.02. The third-order valence-electron chi connectivity index (χ3n) is 0.464. The van der Waals surface area contributed by atoms with Gasteiger partial charge in [-0.1, -0.05) is 6.92 Å². The van der Waals surface area contributed by atoms with E-state index in [4.69, 9.17) is 5.11 Å². The Bertz CT molecular complexity index is 58.0. The molecule has 0 aliphatic carbocycles. The van der Waals surface area contributed by atoms with Gasteiger partial charge >= 0.3 is 5.97 Å². The number of aliphatic carboxylic acids is 1. The van der Waals surface area contributed by atoms with Crippen LogP contribution in [0.2, 0.25) is 0 Å². The van der Waals surface area contributed by atoms with Gasteiger partial charge in [0.15, 0.2) is 0 Å². The van der Waals surface area contributed by atoms with E-state index in [0.29, 0.717) is 6.42 Å². The molecular formula is C4H9AgFO2. The molecule has 0 aromatic carbocycles. The molecule has 0 heterocycles. The van der Waals surface area contributed by atoms with E-state index < -0.39 is 5.97 Å². The number of rotatable bonds is 2. The zero-order chi connectivity index (χ0) is 4.99. The maximum atomic E-state index is 9.60. The molecule has 4 heteroatoms. The molecule has 55 valence electrons. The van der Waals surface area contributed by atoms with Crippen molar-refractivity contribution >= 4 is 5.97 Å². The van der Waals surface area contributed by atoms with Crippen LogP contribution in [0, 0.1) is 0 Å². The fraction of sp³-hybridized carbons (Fsp3) is 0.750. The third kappa shape index (κ3) is 16.5. The van der Waals surface area contributed by atoms with E-state index in [9.17, 15) is 4.79 Å². The zero-order valence-corrected chi connectivity index (χ0v) is 5.96. The monoisotopic (exact) mass is 215 g/mol. The summed E-state index contributed by atoms with van der Waals surface area (Å²) < 4.78 is 0. The molecule has 0 bridgehead atoms. The second-order valence-electron chi connectivity index (χ2n) is 1.14. The van der Waals surface area contributed by atoms with Crippen LogP contribution in [0.4, 0.5) is 4.70 Å². The van der Waals surface area contributed by atoms with Gasteiger partial charge < -0.3 is 5.11 Å². The molecule has 0 fully saturated rings. The van der Waals surface area contributed by atoms with Crippen molar-refractivity contribution in [3.63, 3.8) is 0 Å².